The molecule has 158 valence electrons. The normalized spacial score (nSPS) is 26.0. The maximum Gasteiger partial charge on any atom is 0.316 e. The molecule has 2 unspecified atom stereocenters. The third kappa shape index (κ3) is 5.08. The molecule has 0 spiro atoms. The molecule has 2 aliphatic rings. The van der Waals surface area contributed by atoms with Crippen LogP contribution in [0.4, 0.5) is 0 Å². The van der Waals surface area contributed by atoms with E-state index in [9.17, 15) is 9.59 Å². The molecule has 2 aliphatic carbocycles. The van der Waals surface area contributed by atoms with E-state index >= 15 is 0 Å². The van der Waals surface area contributed by atoms with E-state index in [1.54, 1.807) is 0 Å². The number of hydrogen-bond donors (Lipinski definition) is 2. The van der Waals surface area contributed by atoms with E-state index in [1.165, 1.54) is 12.8 Å². The first kappa shape index (κ1) is 21.6. The van der Waals surface area contributed by atoms with Crippen molar-refractivity contribution in [3.05, 3.63) is 48.6 Å². The summed E-state index contributed by atoms with van der Waals surface area (Å²) < 4.78 is 6.16. The Hall–Kier alpha value is -2.14. The Labute approximate surface area is 174 Å². The number of allylic oxidation sites excluding steroid dienone is 1. The summed E-state index contributed by atoms with van der Waals surface area (Å²) in [5.74, 6) is 0.175. The van der Waals surface area contributed by atoms with Crippen LogP contribution in [0.5, 0.6) is 0 Å². The van der Waals surface area contributed by atoms with Gasteiger partial charge in [0, 0.05) is 5.92 Å². The Morgan fingerprint density at radius 2 is 1.86 bits per heavy atom. The fraction of sp³-hybridized carbons (Fsp3) is 0.583. The number of amides is 1. The lowest BCUT2D eigenvalue weighted by Crippen LogP contribution is -2.48. The zero-order valence-electron chi connectivity index (χ0n) is 17.3. The Kier molecular flexibility index (Phi) is 7.48. The summed E-state index contributed by atoms with van der Waals surface area (Å²) in [6, 6.07) is 10.2. The first-order valence-corrected chi connectivity index (χ1v) is 10.9. The fourth-order valence-electron chi connectivity index (χ4n) is 4.93. The number of benzene rings is 1. The monoisotopic (exact) mass is 398 g/mol. The zero-order valence-corrected chi connectivity index (χ0v) is 17.3. The minimum atomic E-state index is -0.522. The van der Waals surface area contributed by atoms with E-state index in [0.717, 1.165) is 44.1 Å². The van der Waals surface area contributed by atoms with Crippen LogP contribution in [0.25, 0.3) is 0 Å². The third-order valence-electron chi connectivity index (χ3n) is 6.72. The summed E-state index contributed by atoms with van der Waals surface area (Å²) in [7, 11) is 0. The van der Waals surface area contributed by atoms with Crippen LogP contribution in [0.3, 0.4) is 0 Å². The molecule has 5 heteroatoms. The Balaban J connectivity index is 1.68. The lowest BCUT2D eigenvalue weighted by Gasteiger charge is -2.44. The highest BCUT2D eigenvalue weighted by Gasteiger charge is 2.47. The van der Waals surface area contributed by atoms with Gasteiger partial charge in [-0.1, -0.05) is 62.1 Å². The van der Waals surface area contributed by atoms with Crippen molar-refractivity contribution < 1.29 is 14.3 Å². The van der Waals surface area contributed by atoms with Crippen molar-refractivity contribution in [1.82, 2.24) is 5.32 Å². The molecule has 0 saturated heterocycles. The molecule has 1 amide bonds. The maximum absolute atomic E-state index is 13.5. The molecule has 5 nitrogen and oxygen atoms in total. The van der Waals surface area contributed by atoms with Crippen molar-refractivity contribution in [3.8, 4) is 0 Å². The van der Waals surface area contributed by atoms with Gasteiger partial charge in [0.25, 0.3) is 0 Å². The van der Waals surface area contributed by atoms with E-state index in [4.69, 9.17) is 10.5 Å². The molecule has 2 fully saturated rings. The number of nitrogens with one attached hydrogen (secondary N) is 1. The van der Waals surface area contributed by atoms with E-state index in [1.807, 2.05) is 24.3 Å². The van der Waals surface area contributed by atoms with Crippen LogP contribution in [0.1, 0.15) is 56.9 Å². The van der Waals surface area contributed by atoms with Crippen LogP contribution in [-0.2, 0) is 19.7 Å². The molecule has 0 radical (unpaired) electrons. The molecule has 0 aromatic heterocycles. The summed E-state index contributed by atoms with van der Waals surface area (Å²) in [5.41, 5.74) is 5.75. The van der Waals surface area contributed by atoms with Crippen molar-refractivity contribution >= 4 is 11.9 Å². The Bertz CT molecular complexity index is 695. The van der Waals surface area contributed by atoms with Gasteiger partial charge in [-0.25, -0.2) is 0 Å². The standard InChI is InChI=1S/C24H34N2O3/c1-2-18-16-21(20(18)12-15-26-17-22(25)27)29-23(28)24(13-8-3-4-9-14-24)19-10-6-5-7-11-19/h2,5-7,10-11,18,20-21,26H,1,3-4,8-9,12-17H2,(H2,25,27)/t18?,20?,21-/m0/s1. The summed E-state index contributed by atoms with van der Waals surface area (Å²) in [4.78, 5) is 24.4. The van der Waals surface area contributed by atoms with Crippen molar-refractivity contribution in [2.75, 3.05) is 13.1 Å². The number of primary amides is 1. The quantitative estimate of drug-likeness (QED) is 0.289. The summed E-state index contributed by atoms with van der Waals surface area (Å²) >= 11 is 0. The van der Waals surface area contributed by atoms with Crippen LogP contribution in [0.2, 0.25) is 0 Å². The number of carbonyl (C=O) groups excluding carboxylic acids is 2. The molecule has 29 heavy (non-hydrogen) atoms. The highest BCUT2D eigenvalue weighted by Crippen LogP contribution is 2.44. The van der Waals surface area contributed by atoms with Gasteiger partial charge in [0.1, 0.15) is 6.10 Å². The van der Waals surface area contributed by atoms with Crippen molar-refractivity contribution in [2.45, 2.75) is 62.9 Å². The molecular weight excluding hydrogens is 364 g/mol. The SMILES string of the molecule is C=CC1C[C@H](OC(=O)C2(c3ccccc3)CCCCCC2)C1CCNCC(N)=O. The molecule has 2 saturated carbocycles. The molecule has 3 atom stereocenters. The average molecular weight is 399 g/mol. The van der Waals surface area contributed by atoms with Crippen LogP contribution in [-0.4, -0.2) is 31.1 Å². The number of ether oxygens (including phenoxy) is 1. The van der Waals surface area contributed by atoms with Crippen molar-refractivity contribution in [2.24, 2.45) is 17.6 Å². The molecule has 0 heterocycles. The molecular formula is C24H34N2O3. The van der Waals surface area contributed by atoms with Gasteiger partial charge in [-0.05, 0) is 43.7 Å². The molecule has 3 rings (SSSR count). The topological polar surface area (TPSA) is 81.4 Å². The first-order valence-electron chi connectivity index (χ1n) is 10.9. The molecule has 0 bridgehead atoms. The zero-order chi connectivity index (χ0) is 20.7. The second kappa shape index (κ2) is 10.1. The van der Waals surface area contributed by atoms with Gasteiger partial charge in [-0.3, -0.25) is 9.59 Å². The molecule has 1 aromatic carbocycles. The largest absolute Gasteiger partial charge is 0.461 e. The number of esters is 1. The predicted octanol–water partition coefficient (Wildman–Crippen LogP) is 3.48. The predicted molar refractivity (Wildman–Crippen MR) is 114 cm³/mol. The second-order valence-electron chi connectivity index (χ2n) is 8.54. The molecule has 0 aliphatic heterocycles. The number of carbonyl (C=O) groups is 2. The van der Waals surface area contributed by atoms with Crippen LogP contribution in [0, 0.1) is 11.8 Å². The van der Waals surface area contributed by atoms with Gasteiger partial charge in [0.2, 0.25) is 5.91 Å². The Morgan fingerprint density at radius 1 is 1.17 bits per heavy atom. The van der Waals surface area contributed by atoms with Crippen LogP contribution < -0.4 is 11.1 Å². The van der Waals surface area contributed by atoms with Gasteiger partial charge in [0.15, 0.2) is 0 Å². The summed E-state index contributed by atoms with van der Waals surface area (Å²) in [5, 5.41) is 3.06. The maximum atomic E-state index is 13.5. The minimum absolute atomic E-state index is 0.0618. The van der Waals surface area contributed by atoms with Crippen molar-refractivity contribution in [3.63, 3.8) is 0 Å². The van der Waals surface area contributed by atoms with Gasteiger partial charge in [-0.2, -0.15) is 0 Å². The van der Waals surface area contributed by atoms with E-state index in [0.29, 0.717) is 12.5 Å². The van der Waals surface area contributed by atoms with Crippen molar-refractivity contribution in [1.29, 1.82) is 0 Å². The number of nitrogens with two attached hydrogens (primary N) is 1. The lowest BCUT2D eigenvalue weighted by atomic mass is 9.68. The summed E-state index contributed by atoms with van der Waals surface area (Å²) in [6.45, 7) is 4.78. The second-order valence-corrected chi connectivity index (χ2v) is 8.54. The smallest absolute Gasteiger partial charge is 0.316 e. The highest BCUT2D eigenvalue weighted by molar-refractivity contribution is 5.83. The van der Waals surface area contributed by atoms with Gasteiger partial charge in [-0.15, -0.1) is 6.58 Å². The highest BCUT2D eigenvalue weighted by atomic mass is 16.5. The third-order valence-corrected chi connectivity index (χ3v) is 6.72. The number of hydrogen-bond acceptors (Lipinski definition) is 4. The van der Waals surface area contributed by atoms with Crippen LogP contribution >= 0.6 is 0 Å². The number of rotatable bonds is 9. The van der Waals surface area contributed by atoms with E-state index in [-0.39, 0.29) is 30.4 Å². The Morgan fingerprint density at radius 3 is 2.48 bits per heavy atom. The fourth-order valence-corrected chi connectivity index (χ4v) is 4.93. The average Bonchev–Trinajstić information content (AvgIpc) is 2.98. The van der Waals surface area contributed by atoms with Crippen LogP contribution in [0.15, 0.2) is 43.0 Å². The summed E-state index contributed by atoms with van der Waals surface area (Å²) in [6.07, 6.45) is 9.74. The van der Waals surface area contributed by atoms with Gasteiger partial charge in [0.05, 0.1) is 12.0 Å². The first-order chi connectivity index (χ1) is 14.1. The molecule has 3 N–H and O–H groups in total. The van der Waals surface area contributed by atoms with Gasteiger partial charge < -0.3 is 15.8 Å². The van der Waals surface area contributed by atoms with E-state index < -0.39 is 5.41 Å². The minimum Gasteiger partial charge on any atom is -0.461 e. The van der Waals surface area contributed by atoms with E-state index in [2.05, 4.69) is 24.0 Å². The van der Waals surface area contributed by atoms with Gasteiger partial charge >= 0.3 is 5.97 Å². The lowest BCUT2D eigenvalue weighted by molar-refractivity contribution is -0.169. The molecule has 1 aromatic rings.